The molecule has 0 radical (unpaired) electrons. The minimum atomic E-state index is -0.102. The van der Waals surface area contributed by atoms with Crippen LogP contribution >= 0.6 is 12.4 Å². The van der Waals surface area contributed by atoms with E-state index in [-0.39, 0.29) is 24.4 Å². The molecule has 114 valence electrons. The highest BCUT2D eigenvalue weighted by Crippen LogP contribution is 2.22. The van der Waals surface area contributed by atoms with Crippen LogP contribution in [0, 0.1) is 20.8 Å². The van der Waals surface area contributed by atoms with Gasteiger partial charge in [0.15, 0.2) is 0 Å². The van der Waals surface area contributed by atoms with Crippen molar-refractivity contribution in [3.8, 4) is 0 Å². The zero-order valence-corrected chi connectivity index (χ0v) is 14.2. The molecule has 1 rings (SSSR count). The highest BCUT2D eigenvalue weighted by atomic mass is 35.5. The Labute approximate surface area is 129 Å². The molecule has 0 saturated heterocycles. The van der Waals surface area contributed by atoms with E-state index in [0.717, 1.165) is 29.9 Å². The average Bonchev–Trinajstić information content (AvgIpc) is 2.34. The van der Waals surface area contributed by atoms with Gasteiger partial charge in [0.2, 0.25) is 5.91 Å². The number of hydrogen-bond donors (Lipinski definition) is 1. The van der Waals surface area contributed by atoms with Crippen molar-refractivity contribution in [2.75, 3.05) is 18.4 Å². The zero-order valence-electron chi connectivity index (χ0n) is 13.4. The molecule has 1 unspecified atom stereocenters. The summed E-state index contributed by atoms with van der Waals surface area (Å²) < 4.78 is 0. The van der Waals surface area contributed by atoms with E-state index in [1.165, 1.54) is 5.56 Å². The Hall–Kier alpha value is -1.06. The van der Waals surface area contributed by atoms with E-state index >= 15 is 0 Å². The van der Waals surface area contributed by atoms with Crippen molar-refractivity contribution in [2.45, 2.75) is 47.6 Å². The van der Waals surface area contributed by atoms with E-state index in [9.17, 15) is 4.79 Å². The molecule has 1 aromatic carbocycles. The van der Waals surface area contributed by atoms with Gasteiger partial charge in [0, 0.05) is 5.69 Å². The van der Waals surface area contributed by atoms with E-state index in [1.807, 2.05) is 20.8 Å². The van der Waals surface area contributed by atoms with Gasteiger partial charge in [-0.25, -0.2) is 0 Å². The van der Waals surface area contributed by atoms with Crippen LogP contribution in [0.15, 0.2) is 12.1 Å². The minimum Gasteiger partial charge on any atom is -0.324 e. The first-order chi connectivity index (χ1) is 8.90. The summed E-state index contributed by atoms with van der Waals surface area (Å²) in [5.41, 5.74) is 4.43. The first kappa shape index (κ1) is 18.9. The number of amides is 1. The third-order valence-electron chi connectivity index (χ3n) is 3.66. The van der Waals surface area contributed by atoms with Gasteiger partial charge in [0.05, 0.1) is 6.04 Å². The molecule has 3 nitrogen and oxygen atoms in total. The van der Waals surface area contributed by atoms with Crippen LogP contribution in [0.5, 0.6) is 0 Å². The Morgan fingerprint density at radius 1 is 1.15 bits per heavy atom. The van der Waals surface area contributed by atoms with Crippen LogP contribution in [0.2, 0.25) is 0 Å². The standard InChI is InChI=1S/C16H26N2O.ClH/c1-7-18(8-2)14(6)16(19)17-15-12(4)9-11(3)10-13(15)5;/h9-10,14H,7-8H2,1-6H3,(H,17,19);1H. The van der Waals surface area contributed by atoms with Gasteiger partial charge in [0.1, 0.15) is 0 Å². The van der Waals surface area contributed by atoms with Crippen LogP contribution in [0.4, 0.5) is 5.69 Å². The number of carbonyl (C=O) groups excluding carboxylic acids is 1. The molecule has 0 aromatic heterocycles. The molecule has 4 heteroatoms. The average molecular weight is 299 g/mol. The molecule has 0 saturated carbocycles. The van der Waals surface area contributed by atoms with Gasteiger partial charge in [-0.1, -0.05) is 31.5 Å². The van der Waals surface area contributed by atoms with Gasteiger partial charge in [-0.2, -0.15) is 0 Å². The number of halogens is 1. The Balaban J connectivity index is 0.00000361. The van der Waals surface area contributed by atoms with Crippen LogP contribution in [0.1, 0.15) is 37.5 Å². The lowest BCUT2D eigenvalue weighted by molar-refractivity contribution is -0.120. The first-order valence-corrected chi connectivity index (χ1v) is 7.03. The van der Waals surface area contributed by atoms with Crippen molar-refractivity contribution in [3.05, 3.63) is 28.8 Å². The van der Waals surface area contributed by atoms with E-state index in [2.05, 4.69) is 43.1 Å². The molecule has 0 fully saturated rings. The lowest BCUT2D eigenvalue weighted by Gasteiger charge is -2.26. The van der Waals surface area contributed by atoms with Gasteiger partial charge in [0.25, 0.3) is 0 Å². The Bertz CT molecular complexity index is 433. The maximum absolute atomic E-state index is 12.3. The van der Waals surface area contributed by atoms with E-state index in [4.69, 9.17) is 0 Å². The normalized spacial score (nSPS) is 11.9. The zero-order chi connectivity index (χ0) is 14.6. The molecule has 0 aliphatic heterocycles. The molecular weight excluding hydrogens is 272 g/mol. The molecule has 0 bridgehead atoms. The third kappa shape index (κ3) is 4.50. The molecule has 1 amide bonds. The number of anilines is 1. The fraction of sp³-hybridized carbons (Fsp3) is 0.562. The summed E-state index contributed by atoms with van der Waals surface area (Å²) in [6.07, 6.45) is 0. The summed E-state index contributed by atoms with van der Waals surface area (Å²) >= 11 is 0. The second-order valence-electron chi connectivity index (χ2n) is 5.16. The molecule has 0 aliphatic rings. The number of nitrogens with zero attached hydrogens (tertiary/aromatic N) is 1. The van der Waals surface area contributed by atoms with Gasteiger partial charge in [-0.15, -0.1) is 12.4 Å². The predicted molar refractivity (Wildman–Crippen MR) is 88.9 cm³/mol. The van der Waals surface area contributed by atoms with Gasteiger partial charge >= 0.3 is 0 Å². The van der Waals surface area contributed by atoms with Crippen LogP contribution in [-0.2, 0) is 4.79 Å². The first-order valence-electron chi connectivity index (χ1n) is 7.03. The number of benzene rings is 1. The summed E-state index contributed by atoms with van der Waals surface area (Å²) in [5, 5.41) is 3.07. The smallest absolute Gasteiger partial charge is 0.241 e. The second kappa shape index (κ2) is 8.28. The number of likely N-dealkylation sites (N-methyl/N-ethyl adjacent to an activating group) is 1. The topological polar surface area (TPSA) is 32.3 Å². The summed E-state index contributed by atoms with van der Waals surface area (Å²) in [6, 6.07) is 4.10. The molecule has 1 N–H and O–H groups in total. The second-order valence-corrected chi connectivity index (χ2v) is 5.16. The van der Waals surface area contributed by atoms with E-state index in [1.54, 1.807) is 0 Å². The highest BCUT2D eigenvalue weighted by Gasteiger charge is 2.19. The van der Waals surface area contributed by atoms with Crippen LogP contribution < -0.4 is 5.32 Å². The van der Waals surface area contributed by atoms with Crippen molar-refractivity contribution in [2.24, 2.45) is 0 Å². The number of rotatable bonds is 5. The number of aryl methyl sites for hydroxylation is 3. The molecule has 20 heavy (non-hydrogen) atoms. The molecule has 0 aliphatic carbocycles. The molecule has 1 aromatic rings. The largest absolute Gasteiger partial charge is 0.324 e. The predicted octanol–water partition coefficient (Wildman–Crippen LogP) is 3.70. The molecule has 1 atom stereocenters. The van der Waals surface area contributed by atoms with E-state index < -0.39 is 0 Å². The van der Waals surface area contributed by atoms with Crippen LogP contribution in [0.25, 0.3) is 0 Å². The SMILES string of the molecule is CCN(CC)C(C)C(=O)Nc1c(C)cc(C)cc1C.Cl. The minimum absolute atomic E-state index is 0. The molecule has 0 spiro atoms. The van der Waals surface area contributed by atoms with Gasteiger partial charge in [-0.05, 0) is 51.9 Å². The maximum Gasteiger partial charge on any atom is 0.241 e. The Morgan fingerprint density at radius 3 is 2.00 bits per heavy atom. The van der Waals surface area contributed by atoms with Crippen LogP contribution in [0.3, 0.4) is 0 Å². The number of hydrogen-bond acceptors (Lipinski definition) is 2. The third-order valence-corrected chi connectivity index (χ3v) is 3.66. The lowest BCUT2D eigenvalue weighted by atomic mass is 10.0. The maximum atomic E-state index is 12.3. The molecular formula is C16H27ClN2O. The summed E-state index contributed by atoms with van der Waals surface area (Å²) in [4.78, 5) is 14.5. The number of carbonyl (C=O) groups is 1. The Kier molecular flexibility index (Phi) is 7.84. The van der Waals surface area contributed by atoms with Crippen molar-refractivity contribution >= 4 is 24.0 Å². The van der Waals surface area contributed by atoms with Crippen molar-refractivity contribution in [1.29, 1.82) is 0 Å². The van der Waals surface area contributed by atoms with Crippen molar-refractivity contribution in [1.82, 2.24) is 4.90 Å². The summed E-state index contributed by atoms with van der Waals surface area (Å²) in [5.74, 6) is 0.0683. The quantitative estimate of drug-likeness (QED) is 0.899. The van der Waals surface area contributed by atoms with Gasteiger partial charge in [-0.3, -0.25) is 9.69 Å². The highest BCUT2D eigenvalue weighted by molar-refractivity contribution is 5.95. The number of nitrogens with one attached hydrogen (secondary N) is 1. The lowest BCUT2D eigenvalue weighted by Crippen LogP contribution is -2.42. The van der Waals surface area contributed by atoms with Crippen LogP contribution in [-0.4, -0.2) is 29.9 Å². The molecule has 0 heterocycles. The van der Waals surface area contributed by atoms with Crippen molar-refractivity contribution in [3.63, 3.8) is 0 Å². The monoisotopic (exact) mass is 298 g/mol. The fourth-order valence-corrected chi connectivity index (χ4v) is 2.54. The summed E-state index contributed by atoms with van der Waals surface area (Å²) in [6.45, 7) is 14.0. The summed E-state index contributed by atoms with van der Waals surface area (Å²) in [7, 11) is 0. The van der Waals surface area contributed by atoms with E-state index in [0.29, 0.717) is 0 Å². The fourth-order valence-electron chi connectivity index (χ4n) is 2.54. The van der Waals surface area contributed by atoms with Gasteiger partial charge < -0.3 is 5.32 Å². The van der Waals surface area contributed by atoms with Crippen molar-refractivity contribution < 1.29 is 4.79 Å². The Morgan fingerprint density at radius 2 is 1.60 bits per heavy atom.